The number of alkyl halides is 3. The highest BCUT2D eigenvalue weighted by Gasteiger charge is 2.32. The zero-order valence-corrected chi connectivity index (χ0v) is 24.9. The van der Waals surface area contributed by atoms with Gasteiger partial charge >= 0.3 is 12.1 Å². The number of carboxylic acid groups (broad SMARTS) is 1. The number of nitrogens with one attached hydrogen (secondary N) is 2. The fourth-order valence-electron chi connectivity index (χ4n) is 5.61. The second kappa shape index (κ2) is 13.8. The molecule has 2 amide bonds. The van der Waals surface area contributed by atoms with Crippen LogP contribution in [0, 0.1) is 5.82 Å². The van der Waals surface area contributed by atoms with Crippen LogP contribution in [0.5, 0.6) is 0 Å². The molecule has 1 unspecified atom stereocenters. The van der Waals surface area contributed by atoms with E-state index in [0.29, 0.717) is 23.1 Å². The van der Waals surface area contributed by atoms with Crippen molar-refractivity contribution in [1.82, 2.24) is 10.3 Å². The number of halogens is 4. The highest BCUT2D eigenvalue weighted by Crippen LogP contribution is 2.37. The molecule has 1 aliphatic rings. The Morgan fingerprint density at radius 1 is 0.978 bits per heavy atom. The van der Waals surface area contributed by atoms with Gasteiger partial charge in [0.05, 0.1) is 22.6 Å². The minimum absolute atomic E-state index is 0.0117. The van der Waals surface area contributed by atoms with Gasteiger partial charge < -0.3 is 15.7 Å². The van der Waals surface area contributed by atoms with Crippen LogP contribution >= 0.6 is 11.3 Å². The quantitative estimate of drug-likeness (QED) is 0.154. The smallest absolute Gasteiger partial charge is 0.416 e. The highest BCUT2D eigenvalue weighted by molar-refractivity contribution is 7.22. The molecule has 0 aliphatic heterocycles. The molecule has 1 saturated carbocycles. The number of rotatable bonds is 10. The van der Waals surface area contributed by atoms with Crippen molar-refractivity contribution in [3.8, 4) is 0 Å². The van der Waals surface area contributed by atoms with Gasteiger partial charge in [-0.15, -0.1) is 0 Å². The number of carbonyl (C=O) groups excluding carboxylic acids is 2. The van der Waals surface area contributed by atoms with Crippen molar-refractivity contribution >= 4 is 44.5 Å². The number of carboxylic acids is 1. The Morgan fingerprint density at radius 3 is 2.31 bits per heavy atom. The van der Waals surface area contributed by atoms with E-state index < -0.39 is 41.3 Å². The molecule has 45 heavy (non-hydrogen) atoms. The van der Waals surface area contributed by atoms with E-state index in [4.69, 9.17) is 5.11 Å². The van der Waals surface area contributed by atoms with E-state index in [2.05, 4.69) is 15.6 Å². The number of amides is 2. The van der Waals surface area contributed by atoms with E-state index >= 15 is 0 Å². The molecule has 1 fully saturated rings. The fourth-order valence-corrected chi connectivity index (χ4v) is 6.53. The van der Waals surface area contributed by atoms with E-state index in [1.807, 2.05) is 24.3 Å². The lowest BCUT2D eigenvalue weighted by molar-refractivity contribution is -0.138. The molecule has 7 nitrogen and oxygen atoms in total. The SMILES string of the molecule is O=C(O)CCNC(=O)c1ccc(CC(C(=O)Nc2nc3c(F)cc(C(F)(F)F)cc3s2)c2ccc(C3CCCCC3)cc2)cc1. The first-order valence-electron chi connectivity index (χ1n) is 14.6. The minimum atomic E-state index is -4.73. The van der Waals surface area contributed by atoms with Gasteiger partial charge in [0.2, 0.25) is 5.91 Å². The van der Waals surface area contributed by atoms with Gasteiger partial charge in [0, 0.05) is 12.1 Å². The average molecular weight is 642 g/mol. The standard InChI is InChI=1S/C33H31F4N3O4S/c34-26-17-24(33(35,36)37)18-27-29(26)39-32(45-27)40-31(44)25(22-12-10-21(11-13-22)20-4-2-1-3-5-20)16-19-6-8-23(9-7-19)30(43)38-15-14-28(41)42/h6-13,17-18,20,25H,1-5,14-16H2,(H,38,43)(H,41,42)(H,39,40,44). The van der Waals surface area contributed by atoms with Crippen LogP contribution in [0.4, 0.5) is 22.7 Å². The Hall–Kier alpha value is -4.32. The van der Waals surface area contributed by atoms with Gasteiger partial charge in [-0.2, -0.15) is 13.2 Å². The van der Waals surface area contributed by atoms with Crippen molar-refractivity contribution < 1.29 is 37.1 Å². The van der Waals surface area contributed by atoms with Gasteiger partial charge in [-0.3, -0.25) is 14.4 Å². The summed E-state index contributed by atoms with van der Waals surface area (Å²) in [5.41, 5.74) is 1.60. The largest absolute Gasteiger partial charge is 0.481 e. The molecule has 12 heteroatoms. The topological polar surface area (TPSA) is 108 Å². The zero-order valence-electron chi connectivity index (χ0n) is 24.1. The van der Waals surface area contributed by atoms with Crippen molar-refractivity contribution in [2.75, 3.05) is 11.9 Å². The molecule has 1 atom stereocenters. The molecule has 1 aromatic heterocycles. The minimum Gasteiger partial charge on any atom is -0.481 e. The zero-order chi connectivity index (χ0) is 32.1. The third-order valence-corrected chi connectivity index (χ3v) is 8.94. The number of hydrogen-bond donors (Lipinski definition) is 3. The molecule has 1 aliphatic carbocycles. The number of aliphatic carboxylic acids is 1. The van der Waals surface area contributed by atoms with E-state index in [-0.39, 0.29) is 34.7 Å². The second-order valence-electron chi connectivity index (χ2n) is 11.2. The lowest BCUT2D eigenvalue weighted by Gasteiger charge is -2.23. The van der Waals surface area contributed by atoms with Crippen LogP contribution in [0.3, 0.4) is 0 Å². The predicted octanol–water partition coefficient (Wildman–Crippen LogP) is 7.67. The molecule has 0 spiro atoms. The van der Waals surface area contributed by atoms with Crippen LogP contribution in [0.2, 0.25) is 0 Å². The normalized spacial score (nSPS) is 14.7. The molecule has 3 N–H and O–H groups in total. The molecule has 3 aromatic carbocycles. The Balaban J connectivity index is 1.38. The number of benzene rings is 3. The number of hydrogen-bond acceptors (Lipinski definition) is 5. The summed E-state index contributed by atoms with van der Waals surface area (Å²) >= 11 is 0.759. The fraction of sp³-hybridized carbons (Fsp3) is 0.333. The Bertz CT molecular complexity index is 1680. The summed E-state index contributed by atoms with van der Waals surface area (Å²) in [4.78, 5) is 40.9. The van der Waals surface area contributed by atoms with Gasteiger partial charge in [-0.05, 0) is 66.1 Å². The van der Waals surface area contributed by atoms with Crippen molar-refractivity contribution in [3.05, 3.63) is 94.3 Å². The summed E-state index contributed by atoms with van der Waals surface area (Å²) in [7, 11) is 0. The van der Waals surface area contributed by atoms with Crippen LogP contribution in [0.1, 0.15) is 83.0 Å². The van der Waals surface area contributed by atoms with Crippen LogP contribution in [0.15, 0.2) is 60.7 Å². The molecule has 0 saturated heterocycles. The maximum Gasteiger partial charge on any atom is 0.416 e. The number of thiazole rings is 1. The van der Waals surface area contributed by atoms with Gasteiger partial charge in [0.15, 0.2) is 10.9 Å². The van der Waals surface area contributed by atoms with Crippen LogP contribution < -0.4 is 10.6 Å². The molecule has 0 radical (unpaired) electrons. The third-order valence-electron chi connectivity index (χ3n) is 8.02. The molecule has 236 valence electrons. The average Bonchev–Trinajstić information content (AvgIpc) is 3.43. The molecule has 4 aromatic rings. The van der Waals surface area contributed by atoms with Crippen molar-refractivity contribution in [1.29, 1.82) is 0 Å². The Kier molecular flexibility index (Phi) is 9.81. The van der Waals surface area contributed by atoms with E-state index in [0.717, 1.165) is 35.8 Å². The van der Waals surface area contributed by atoms with Crippen molar-refractivity contribution in [2.45, 2.75) is 63.0 Å². The molecular formula is C33H31F4N3O4S. The predicted molar refractivity (Wildman–Crippen MR) is 163 cm³/mol. The number of anilines is 1. The first-order valence-corrected chi connectivity index (χ1v) is 15.5. The van der Waals surface area contributed by atoms with E-state index in [1.165, 1.54) is 24.8 Å². The Morgan fingerprint density at radius 2 is 1.67 bits per heavy atom. The highest BCUT2D eigenvalue weighted by atomic mass is 32.1. The number of fused-ring (bicyclic) bond motifs is 1. The summed E-state index contributed by atoms with van der Waals surface area (Å²) in [5.74, 6) is -3.31. The summed E-state index contributed by atoms with van der Waals surface area (Å²) < 4.78 is 54.1. The van der Waals surface area contributed by atoms with Gasteiger partial charge in [0.25, 0.3) is 5.91 Å². The molecule has 0 bridgehead atoms. The van der Waals surface area contributed by atoms with E-state index in [9.17, 15) is 31.9 Å². The Labute approximate surface area is 260 Å². The maximum atomic E-state index is 14.5. The van der Waals surface area contributed by atoms with Crippen LogP contribution in [0.25, 0.3) is 10.2 Å². The summed E-state index contributed by atoms with van der Waals surface area (Å²) in [5, 5.41) is 14.0. The van der Waals surface area contributed by atoms with Gasteiger partial charge in [0.1, 0.15) is 5.52 Å². The summed E-state index contributed by atoms with van der Waals surface area (Å²) in [6, 6.07) is 15.7. The lowest BCUT2D eigenvalue weighted by atomic mass is 9.83. The van der Waals surface area contributed by atoms with Gasteiger partial charge in [-0.25, -0.2) is 9.37 Å². The number of carbonyl (C=O) groups is 3. The van der Waals surface area contributed by atoms with Crippen LogP contribution in [-0.4, -0.2) is 34.4 Å². The molecule has 5 rings (SSSR count). The van der Waals surface area contributed by atoms with Crippen molar-refractivity contribution in [3.63, 3.8) is 0 Å². The summed E-state index contributed by atoms with van der Waals surface area (Å²) in [6.07, 6.45) is 1.11. The maximum absolute atomic E-state index is 14.5. The summed E-state index contributed by atoms with van der Waals surface area (Å²) in [6.45, 7) is -0.0117. The number of aromatic nitrogens is 1. The third kappa shape index (κ3) is 8.05. The lowest BCUT2D eigenvalue weighted by Crippen LogP contribution is -2.26. The molecule has 1 heterocycles. The first kappa shape index (κ1) is 32.1. The second-order valence-corrected chi connectivity index (χ2v) is 12.2. The van der Waals surface area contributed by atoms with E-state index in [1.54, 1.807) is 24.3 Å². The van der Waals surface area contributed by atoms with Gasteiger partial charge in [-0.1, -0.05) is 67.0 Å². The first-order chi connectivity index (χ1) is 21.5. The van der Waals surface area contributed by atoms with Crippen LogP contribution in [-0.2, 0) is 22.2 Å². The number of nitrogens with zero attached hydrogens (tertiary/aromatic N) is 1. The van der Waals surface area contributed by atoms with Crippen molar-refractivity contribution in [2.24, 2.45) is 0 Å². The monoisotopic (exact) mass is 641 g/mol. The molecular weight excluding hydrogens is 610 g/mol.